The number of nitriles is 1. The predicted octanol–water partition coefficient (Wildman–Crippen LogP) is 0.510. The van der Waals surface area contributed by atoms with Gasteiger partial charge in [-0.15, -0.1) is 0 Å². The Morgan fingerprint density at radius 2 is 1.84 bits per heavy atom. The van der Waals surface area contributed by atoms with Crippen molar-refractivity contribution in [2.45, 2.75) is 32.9 Å². The van der Waals surface area contributed by atoms with Crippen molar-refractivity contribution in [2.24, 2.45) is 0 Å². The lowest BCUT2D eigenvalue weighted by atomic mass is 10.2. The number of esters is 1. The number of amides is 2. The number of likely N-dealkylation sites (N-methyl/N-ethyl adjacent to an activating group) is 1. The van der Waals surface area contributed by atoms with E-state index < -0.39 is 30.6 Å². The molecule has 1 aromatic rings. The molecule has 0 aliphatic carbocycles. The summed E-state index contributed by atoms with van der Waals surface area (Å²) in [4.78, 5) is 35.0. The lowest BCUT2D eigenvalue weighted by molar-refractivity contribution is -0.155. The van der Waals surface area contributed by atoms with E-state index in [1.165, 1.54) is 13.8 Å². The van der Waals surface area contributed by atoms with Crippen molar-refractivity contribution in [1.82, 2.24) is 10.6 Å². The van der Waals surface area contributed by atoms with Gasteiger partial charge in [0.15, 0.2) is 12.7 Å². The molecule has 0 spiro atoms. The van der Waals surface area contributed by atoms with E-state index in [0.717, 1.165) is 0 Å². The van der Waals surface area contributed by atoms with E-state index in [-0.39, 0.29) is 5.91 Å². The molecule has 25 heavy (non-hydrogen) atoms. The van der Waals surface area contributed by atoms with Crippen molar-refractivity contribution >= 4 is 17.8 Å². The first-order chi connectivity index (χ1) is 11.9. The summed E-state index contributed by atoms with van der Waals surface area (Å²) < 4.78 is 10.2. The minimum absolute atomic E-state index is 0.320. The van der Waals surface area contributed by atoms with Gasteiger partial charge in [0.1, 0.15) is 11.8 Å². The van der Waals surface area contributed by atoms with Crippen molar-refractivity contribution in [2.75, 3.05) is 13.2 Å². The molecule has 1 rings (SSSR count). The molecule has 0 heterocycles. The maximum Gasteiger partial charge on any atom is 0.347 e. The van der Waals surface area contributed by atoms with E-state index in [1.807, 2.05) is 6.07 Å². The van der Waals surface area contributed by atoms with Crippen LogP contribution < -0.4 is 15.4 Å². The summed E-state index contributed by atoms with van der Waals surface area (Å²) in [5.41, 5.74) is 0.473. The summed E-state index contributed by atoms with van der Waals surface area (Å²) in [6.07, 6.45) is -0.929. The normalized spacial score (nSPS) is 12.2. The molecule has 0 saturated carbocycles. The maximum absolute atomic E-state index is 11.8. The number of hydrogen-bond donors (Lipinski definition) is 2. The number of nitrogens with one attached hydrogen (secondary N) is 2. The summed E-state index contributed by atoms with van der Waals surface area (Å²) in [5, 5.41) is 13.7. The van der Waals surface area contributed by atoms with Crippen molar-refractivity contribution in [3.63, 3.8) is 0 Å². The van der Waals surface area contributed by atoms with Gasteiger partial charge in [-0.25, -0.2) is 4.79 Å². The van der Waals surface area contributed by atoms with Crippen LogP contribution in [0.2, 0.25) is 0 Å². The second-order valence-corrected chi connectivity index (χ2v) is 5.19. The molecule has 8 heteroatoms. The minimum atomic E-state index is -0.929. The number of benzene rings is 1. The van der Waals surface area contributed by atoms with Crippen molar-refractivity contribution in [1.29, 1.82) is 5.26 Å². The van der Waals surface area contributed by atoms with Gasteiger partial charge in [0.2, 0.25) is 5.91 Å². The third kappa shape index (κ3) is 6.91. The molecule has 2 amide bonds. The van der Waals surface area contributed by atoms with Crippen LogP contribution in [0.4, 0.5) is 0 Å². The molecule has 0 aromatic heterocycles. The SMILES string of the molecule is CCNC(=O)[C@H](C)NC(=O)COC(=O)[C@H](C)Oc1ccc(C#N)cc1. The molecule has 0 aliphatic heterocycles. The molecule has 0 radical (unpaired) electrons. The maximum atomic E-state index is 11.8. The number of rotatable bonds is 8. The Bertz CT molecular complexity index is 651. The zero-order valence-corrected chi connectivity index (χ0v) is 14.4. The molecular weight excluding hydrogens is 326 g/mol. The van der Waals surface area contributed by atoms with Crippen LogP contribution in [0.5, 0.6) is 5.75 Å². The summed E-state index contributed by atoms with van der Waals surface area (Å²) in [5.74, 6) is -1.22. The van der Waals surface area contributed by atoms with Gasteiger partial charge in [0.25, 0.3) is 5.91 Å². The molecule has 2 atom stereocenters. The van der Waals surface area contributed by atoms with Crippen LogP contribution in [0, 0.1) is 11.3 Å². The van der Waals surface area contributed by atoms with Gasteiger partial charge in [-0.05, 0) is 45.0 Å². The summed E-state index contributed by atoms with van der Waals surface area (Å²) >= 11 is 0. The van der Waals surface area contributed by atoms with Gasteiger partial charge in [-0.3, -0.25) is 9.59 Å². The minimum Gasteiger partial charge on any atom is -0.479 e. The van der Waals surface area contributed by atoms with E-state index >= 15 is 0 Å². The fraction of sp³-hybridized carbons (Fsp3) is 0.412. The van der Waals surface area contributed by atoms with Crippen LogP contribution in [0.25, 0.3) is 0 Å². The van der Waals surface area contributed by atoms with Crippen LogP contribution in [0.15, 0.2) is 24.3 Å². The average Bonchev–Trinajstić information content (AvgIpc) is 2.60. The Hall–Kier alpha value is -3.08. The number of nitrogens with zero attached hydrogens (tertiary/aromatic N) is 1. The molecule has 0 unspecified atom stereocenters. The van der Waals surface area contributed by atoms with Crippen LogP contribution in [0.1, 0.15) is 26.3 Å². The Balaban J connectivity index is 2.40. The highest BCUT2D eigenvalue weighted by Gasteiger charge is 2.19. The van der Waals surface area contributed by atoms with E-state index in [2.05, 4.69) is 10.6 Å². The van der Waals surface area contributed by atoms with Crippen molar-refractivity contribution in [3.05, 3.63) is 29.8 Å². The predicted molar refractivity (Wildman–Crippen MR) is 88.5 cm³/mol. The number of ether oxygens (including phenoxy) is 2. The zero-order chi connectivity index (χ0) is 18.8. The highest BCUT2D eigenvalue weighted by molar-refractivity contribution is 5.88. The third-order valence-electron chi connectivity index (χ3n) is 3.10. The van der Waals surface area contributed by atoms with E-state index in [1.54, 1.807) is 31.2 Å². The number of carbonyl (C=O) groups excluding carboxylic acids is 3. The first kappa shape index (κ1) is 20.0. The van der Waals surface area contributed by atoms with Gasteiger partial charge in [-0.1, -0.05) is 0 Å². The monoisotopic (exact) mass is 347 g/mol. The Labute approximate surface area is 146 Å². The molecule has 0 saturated heterocycles. The van der Waals surface area contributed by atoms with Crippen LogP contribution in [0.3, 0.4) is 0 Å². The second-order valence-electron chi connectivity index (χ2n) is 5.19. The zero-order valence-electron chi connectivity index (χ0n) is 14.4. The lowest BCUT2D eigenvalue weighted by Crippen LogP contribution is -2.46. The van der Waals surface area contributed by atoms with Gasteiger partial charge in [0.05, 0.1) is 11.6 Å². The standard InChI is InChI=1S/C17H21N3O5/c1-4-19-16(22)11(2)20-15(21)10-24-17(23)12(3)25-14-7-5-13(9-18)6-8-14/h5-8,11-12H,4,10H2,1-3H3,(H,19,22)(H,20,21)/t11-,12-/m0/s1. The van der Waals surface area contributed by atoms with Crippen LogP contribution in [-0.2, 0) is 19.1 Å². The highest BCUT2D eigenvalue weighted by atomic mass is 16.6. The van der Waals surface area contributed by atoms with Crippen molar-refractivity contribution < 1.29 is 23.9 Å². The van der Waals surface area contributed by atoms with Gasteiger partial charge >= 0.3 is 5.97 Å². The van der Waals surface area contributed by atoms with E-state index in [9.17, 15) is 14.4 Å². The molecule has 134 valence electrons. The van der Waals surface area contributed by atoms with Gasteiger partial charge in [0, 0.05) is 6.54 Å². The van der Waals surface area contributed by atoms with E-state index in [0.29, 0.717) is 17.9 Å². The van der Waals surface area contributed by atoms with Crippen LogP contribution >= 0.6 is 0 Å². The third-order valence-corrected chi connectivity index (χ3v) is 3.10. The number of hydrogen-bond acceptors (Lipinski definition) is 6. The smallest absolute Gasteiger partial charge is 0.347 e. The number of carbonyl (C=O) groups is 3. The van der Waals surface area contributed by atoms with Gasteiger partial charge in [-0.2, -0.15) is 5.26 Å². The quantitative estimate of drug-likeness (QED) is 0.662. The van der Waals surface area contributed by atoms with E-state index in [4.69, 9.17) is 14.7 Å². The summed E-state index contributed by atoms with van der Waals surface area (Å²) in [6, 6.07) is 7.49. The molecule has 0 aliphatic rings. The average molecular weight is 347 g/mol. The molecule has 2 N–H and O–H groups in total. The first-order valence-electron chi connectivity index (χ1n) is 7.77. The molecule has 0 fully saturated rings. The molecule has 1 aromatic carbocycles. The van der Waals surface area contributed by atoms with Gasteiger partial charge < -0.3 is 20.1 Å². The lowest BCUT2D eigenvalue weighted by Gasteiger charge is -2.15. The Kier molecular flexibility index (Phi) is 7.93. The fourth-order valence-electron chi connectivity index (χ4n) is 1.79. The summed E-state index contributed by atoms with van der Waals surface area (Å²) in [6.45, 7) is 4.72. The summed E-state index contributed by atoms with van der Waals surface area (Å²) in [7, 11) is 0. The molecule has 8 nitrogen and oxygen atoms in total. The molecular formula is C17H21N3O5. The second kappa shape index (κ2) is 9.93. The highest BCUT2D eigenvalue weighted by Crippen LogP contribution is 2.13. The molecule has 0 bridgehead atoms. The Morgan fingerprint density at radius 1 is 1.20 bits per heavy atom. The Morgan fingerprint density at radius 3 is 2.40 bits per heavy atom. The van der Waals surface area contributed by atoms with Crippen molar-refractivity contribution in [3.8, 4) is 11.8 Å². The first-order valence-corrected chi connectivity index (χ1v) is 7.77. The largest absolute Gasteiger partial charge is 0.479 e. The fourth-order valence-corrected chi connectivity index (χ4v) is 1.79. The van der Waals surface area contributed by atoms with Crippen LogP contribution in [-0.4, -0.2) is 43.1 Å². The topological polar surface area (TPSA) is 118 Å².